The first-order valence-corrected chi connectivity index (χ1v) is 7.25. The summed E-state index contributed by atoms with van der Waals surface area (Å²) in [6.07, 6.45) is 0. The van der Waals surface area contributed by atoms with Crippen molar-refractivity contribution >= 4 is 15.9 Å². The van der Waals surface area contributed by atoms with E-state index in [9.17, 15) is 13.2 Å². The van der Waals surface area contributed by atoms with Crippen molar-refractivity contribution in [2.75, 3.05) is 0 Å². The average molecular weight is 359 g/mol. The van der Waals surface area contributed by atoms with E-state index in [-0.39, 0.29) is 16.4 Å². The zero-order valence-electron chi connectivity index (χ0n) is 11.5. The number of ether oxygens (including phenoxy) is 1. The van der Waals surface area contributed by atoms with Crippen LogP contribution in [-0.4, -0.2) is 6.61 Å². The Hall–Kier alpha value is -1.49. The van der Waals surface area contributed by atoms with Crippen molar-refractivity contribution in [3.63, 3.8) is 0 Å². The molecule has 21 heavy (non-hydrogen) atoms. The van der Waals surface area contributed by atoms with E-state index in [1.807, 2.05) is 0 Å². The van der Waals surface area contributed by atoms with Gasteiger partial charge in [0.2, 0.25) is 0 Å². The standard InChI is InChI=1S/C16H14BrF3O/c1-9-6-12(7-10(2)15(9)18)14(17)11-4-3-5-13(8-11)21-16(19)20/h3-8,14,16H,1-2H3. The molecule has 0 N–H and O–H groups in total. The Balaban J connectivity index is 2.33. The lowest BCUT2D eigenvalue weighted by Gasteiger charge is -2.14. The monoisotopic (exact) mass is 358 g/mol. The molecule has 0 aromatic heterocycles. The summed E-state index contributed by atoms with van der Waals surface area (Å²) in [5, 5.41) is 0. The SMILES string of the molecule is Cc1cc(C(Br)c2cccc(OC(F)F)c2)cc(C)c1F. The van der Waals surface area contributed by atoms with E-state index < -0.39 is 6.61 Å². The van der Waals surface area contributed by atoms with E-state index in [0.717, 1.165) is 11.1 Å². The predicted molar refractivity (Wildman–Crippen MR) is 79.7 cm³/mol. The molecule has 0 bridgehead atoms. The summed E-state index contributed by atoms with van der Waals surface area (Å²) in [5.74, 6) is -0.129. The molecule has 1 unspecified atom stereocenters. The molecule has 0 aliphatic rings. The van der Waals surface area contributed by atoms with Crippen LogP contribution in [0, 0.1) is 19.7 Å². The normalized spacial score (nSPS) is 12.5. The van der Waals surface area contributed by atoms with Crippen LogP contribution in [0.5, 0.6) is 5.75 Å². The fourth-order valence-corrected chi connectivity index (χ4v) is 2.72. The van der Waals surface area contributed by atoms with Crippen LogP contribution in [0.15, 0.2) is 36.4 Å². The summed E-state index contributed by atoms with van der Waals surface area (Å²) in [5.41, 5.74) is 2.73. The van der Waals surface area contributed by atoms with E-state index in [4.69, 9.17) is 0 Å². The summed E-state index contributed by atoms with van der Waals surface area (Å²) in [6, 6.07) is 9.93. The summed E-state index contributed by atoms with van der Waals surface area (Å²) >= 11 is 3.52. The van der Waals surface area contributed by atoms with Crippen molar-refractivity contribution in [3.05, 3.63) is 64.5 Å². The van der Waals surface area contributed by atoms with Crippen LogP contribution in [0.4, 0.5) is 13.2 Å². The van der Waals surface area contributed by atoms with Gasteiger partial charge in [-0.15, -0.1) is 0 Å². The van der Waals surface area contributed by atoms with Crippen LogP contribution in [0.2, 0.25) is 0 Å². The summed E-state index contributed by atoms with van der Waals surface area (Å²) in [6.45, 7) is 0.536. The quantitative estimate of drug-likeness (QED) is 0.653. The summed E-state index contributed by atoms with van der Waals surface area (Å²) in [4.78, 5) is -0.225. The highest BCUT2D eigenvalue weighted by Crippen LogP contribution is 2.34. The van der Waals surface area contributed by atoms with Crippen molar-refractivity contribution in [1.29, 1.82) is 0 Å². The lowest BCUT2D eigenvalue weighted by atomic mass is 10.00. The van der Waals surface area contributed by atoms with Gasteiger partial charge in [0.25, 0.3) is 0 Å². The number of benzene rings is 2. The molecule has 0 spiro atoms. The molecule has 2 aromatic rings. The van der Waals surface area contributed by atoms with E-state index in [2.05, 4.69) is 20.7 Å². The third kappa shape index (κ3) is 3.79. The molecule has 2 rings (SSSR count). The highest BCUT2D eigenvalue weighted by molar-refractivity contribution is 9.09. The lowest BCUT2D eigenvalue weighted by Crippen LogP contribution is -2.03. The van der Waals surface area contributed by atoms with Crippen LogP contribution >= 0.6 is 15.9 Å². The third-order valence-corrected chi connectivity index (χ3v) is 4.18. The number of rotatable bonds is 4. The van der Waals surface area contributed by atoms with Gasteiger partial charge in [-0.1, -0.05) is 40.2 Å². The molecule has 0 saturated heterocycles. The highest BCUT2D eigenvalue weighted by atomic mass is 79.9. The van der Waals surface area contributed by atoms with Crippen molar-refractivity contribution in [1.82, 2.24) is 0 Å². The fourth-order valence-electron chi connectivity index (χ4n) is 2.17. The minimum atomic E-state index is -2.86. The fraction of sp³-hybridized carbons (Fsp3) is 0.250. The van der Waals surface area contributed by atoms with Gasteiger partial charge in [-0.3, -0.25) is 0 Å². The molecule has 1 atom stereocenters. The molecule has 5 heteroatoms. The lowest BCUT2D eigenvalue weighted by molar-refractivity contribution is -0.0498. The van der Waals surface area contributed by atoms with Gasteiger partial charge in [0, 0.05) is 0 Å². The average Bonchev–Trinajstić information content (AvgIpc) is 2.43. The largest absolute Gasteiger partial charge is 0.435 e. The van der Waals surface area contributed by atoms with E-state index in [1.54, 1.807) is 44.2 Å². The van der Waals surface area contributed by atoms with Crippen LogP contribution < -0.4 is 4.74 Å². The molecule has 0 radical (unpaired) electrons. The topological polar surface area (TPSA) is 9.23 Å². The molecule has 1 nitrogen and oxygen atoms in total. The first kappa shape index (κ1) is 15.9. The van der Waals surface area contributed by atoms with Crippen LogP contribution in [0.3, 0.4) is 0 Å². The minimum absolute atomic E-state index is 0.0995. The first-order chi connectivity index (χ1) is 9.88. The Kier molecular flexibility index (Phi) is 4.93. The summed E-state index contributed by atoms with van der Waals surface area (Å²) in [7, 11) is 0. The molecule has 0 heterocycles. The molecule has 0 amide bonds. The van der Waals surface area contributed by atoms with Gasteiger partial charge >= 0.3 is 6.61 Å². The van der Waals surface area contributed by atoms with Gasteiger partial charge in [-0.05, 0) is 48.2 Å². The van der Waals surface area contributed by atoms with Gasteiger partial charge in [-0.25, -0.2) is 4.39 Å². The van der Waals surface area contributed by atoms with Crippen molar-refractivity contribution in [2.24, 2.45) is 0 Å². The maximum atomic E-state index is 13.7. The number of halogens is 4. The molecule has 0 saturated carbocycles. The molecule has 2 aromatic carbocycles. The van der Waals surface area contributed by atoms with Gasteiger partial charge < -0.3 is 4.74 Å². The van der Waals surface area contributed by atoms with Gasteiger partial charge in [-0.2, -0.15) is 8.78 Å². The first-order valence-electron chi connectivity index (χ1n) is 6.34. The van der Waals surface area contributed by atoms with Crippen molar-refractivity contribution in [3.8, 4) is 5.75 Å². The van der Waals surface area contributed by atoms with Crippen LogP contribution in [-0.2, 0) is 0 Å². The number of hydrogen-bond donors (Lipinski definition) is 0. The second-order valence-corrected chi connectivity index (χ2v) is 5.70. The molecule has 0 aliphatic carbocycles. The molecule has 112 valence electrons. The molecule has 0 aliphatic heterocycles. The Morgan fingerprint density at radius 1 is 1.00 bits per heavy atom. The van der Waals surface area contributed by atoms with Crippen LogP contribution in [0.1, 0.15) is 27.1 Å². The van der Waals surface area contributed by atoms with Gasteiger partial charge in [0.15, 0.2) is 0 Å². The second-order valence-electron chi connectivity index (χ2n) is 4.78. The molecular formula is C16H14BrF3O. The Morgan fingerprint density at radius 2 is 1.62 bits per heavy atom. The summed E-state index contributed by atoms with van der Waals surface area (Å²) < 4.78 is 42.6. The maximum Gasteiger partial charge on any atom is 0.387 e. The predicted octanol–water partition coefficient (Wildman–Crippen LogP) is 5.53. The Labute approximate surface area is 129 Å². The van der Waals surface area contributed by atoms with E-state index in [1.165, 1.54) is 6.07 Å². The van der Waals surface area contributed by atoms with Gasteiger partial charge in [0.05, 0.1) is 4.83 Å². The van der Waals surface area contributed by atoms with Crippen molar-refractivity contribution < 1.29 is 17.9 Å². The zero-order chi connectivity index (χ0) is 15.6. The highest BCUT2D eigenvalue weighted by Gasteiger charge is 2.15. The molecular weight excluding hydrogens is 345 g/mol. The number of alkyl halides is 3. The zero-order valence-corrected chi connectivity index (χ0v) is 13.1. The van der Waals surface area contributed by atoms with Gasteiger partial charge in [0.1, 0.15) is 11.6 Å². The maximum absolute atomic E-state index is 13.7. The number of aryl methyl sites for hydroxylation is 2. The Bertz CT molecular complexity index is 620. The number of hydrogen-bond acceptors (Lipinski definition) is 1. The third-order valence-electron chi connectivity index (χ3n) is 3.13. The molecule has 0 fully saturated rings. The van der Waals surface area contributed by atoms with Crippen molar-refractivity contribution in [2.45, 2.75) is 25.3 Å². The Morgan fingerprint density at radius 3 is 2.19 bits per heavy atom. The van der Waals surface area contributed by atoms with Crippen LogP contribution in [0.25, 0.3) is 0 Å². The minimum Gasteiger partial charge on any atom is -0.435 e. The van der Waals surface area contributed by atoms with E-state index >= 15 is 0 Å². The van der Waals surface area contributed by atoms with E-state index in [0.29, 0.717) is 11.1 Å². The second kappa shape index (κ2) is 6.52. The smallest absolute Gasteiger partial charge is 0.387 e.